The third-order valence-corrected chi connectivity index (χ3v) is 13.1. The molecule has 5 rings (SSSR count). The van der Waals surface area contributed by atoms with Crippen molar-refractivity contribution < 1.29 is 10.2 Å². The lowest BCUT2D eigenvalue weighted by Gasteiger charge is -2.72. The van der Waals surface area contributed by atoms with Gasteiger partial charge in [-0.2, -0.15) is 0 Å². The molecule has 174 valence electrons. The maximum atomic E-state index is 10.9. The van der Waals surface area contributed by atoms with E-state index in [0.29, 0.717) is 46.5 Å². The molecule has 9 unspecified atom stereocenters. The lowest BCUT2D eigenvalue weighted by Crippen LogP contribution is -2.66. The van der Waals surface area contributed by atoms with Crippen molar-refractivity contribution in [1.82, 2.24) is 0 Å². The number of fused-ring (bicyclic) bond motifs is 7. The summed E-state index contributed by atoms with van der Waals surface area (Å²) in [7, 11) is 0. The summed E-state index contributed by atoms with van der Waals surface area (Å²) >= 11 is 0. The molecule has 5 aliphatic carbocycles. The lowest BCUT2D eigenvalue weighted by atomic mass is 9.32. The van der Waals surface area contributed by atoms with Gasteiger partial charge < -0.3 is 10.2 Å². The van der Waals surface area contributed by atoms with E-state index < -0.39 is 0 Å². The van der Waals surface area contributed by atoms with E-state index in [1.54, 1.807) is 0 Å². The summed E-state index contributed by atoms with van der Waals surface area (Å²) in [5, 5.41) is 21.4. The second-order valence-electron chi connectivity index (χ2n) is 13.9. The van der Waals surface area contributed by atoms with Crippen LogP contribution in [0.2, 0.25) is 0 Å². The van der Waals surface area contributed by atoms with Gasteiger partial charge in [-0.1, -0.05) is 34.6 Å². The number of hydrogen-bond acceptors (Lipinski definition) is 2. The van der Waals surface area contributed by atoms with Gasteiger partial charge in [-0.05, 0) is 115 Å². The average molecular weight is 427 g/mol. The van der Waals surface area contributed by atoms with Gasteiger partial charge in [0.2, 0.25) is 0 Å². The molecule has 2 heteroatoms. The zero-order valence-electron chi connectivity index (χ0n) is 20.7. The molecule has 0 amide bonds. The highest BCUT2D eigenvalue weighted by Gasteiger charge is 2.70. The van der Waals surface area contributed by atoms with Gasteiger partial charge in [0, 0.05) is 12.5 Å². The Morgan fingerprint density at radius 1 is 0.806 bits per heavy atom. The van der Waals surface area contributed by atoms with Crippen LogP contribution in [0.25, 0.3) is 0 Å². The zero-order valence-corrected chi connectivity index (χ0v) is 20.7. The van der Waals surface area contributed by atoms with Crippen molar-refractivity contribution in [3.05, 3.63) is 0 Å². The van der Waals surface area contributed by atoms with Crippen LogP contribution in [0.3, 0.4) is 0 Å². The SMILES string of the molecule is C#C[C@@H]1CCC2(CO)CCC3(C)C(CCC4C5(C)CCC(O)C(C)(C)C5CCC43C)C12. The van der Waals surface area contributed by atoms with Crippen LogP contribution < -0.4 is 0 Å². The first kappa shape index (κ1) is 22.3. The van der Waals surface area contributed by atoms with E-state index in [-0.39, 0.29) is 16.9 Å². The molecule has 0 spiro atoms. The van der Waals surface area contributed by atoms with Gasteiger partial charge >= 0.3 is 0 Å². The molecule has 0 radical (unpaired) electrons. The molecule has 31 heavy (non-hydrogen) atoms. The third kappa shape index (κ3) is 2.55. The van der Waals surface area contributed by atoms with Crippen molar-refractivity contribution in [2.75, 3.05) is 6.61 Å². The predicted molar refractivity (Wildman–Crippen MR) is 126 cm³/mol. The van der Waals surface area contributed by atoms with Gasteiger partial charge in [0.05, 0.1) is 6.10 Å². The second kappa shape index (κ2) is 6.76. The summed E-state index contributed by atoms with van der Waals surface area (Å²) in [6.45, 7) is 12.9. The lowest BCUT2D eigenvalue weighted by molar-refractivity contribution is -0.249. The number of hydrogen-bond donors (Lipinski definition) is 2. The monoisotopic (exact) mass is 426 g/mol. The number of aliphatic hydroxyl groups is 2. The molecule has 10 atom stereocenters. The molecule has 0 aromatic heterocycles. The summed E-state index contributed by atoms with van der Waals surface area (Å²) < 4.78 is 0. The van der Waals surface area contributed by atoms with E-state index >= 15 is 0 Å². The highest BCUT2D eigenvalue weighted by atomic mass is 16.3. The number of terminal acetylenes is 1. The molecule has 0 heterocycles. The third-order valence-electron chi connectivity index (χ3n) is 13.1. The molecular formula is C29H46O2. The maximum Gasteiger partial charge on any atom is 0.0594 e. The average Bonchev–Trinajstić information content (AvgIpc) is 3.11. The number of rotatable bonds is 1. The largest absolute Gasteiger partial charge is 0.396 e. The fourth-order valence-corrected chi connectivity index (χ4v) is 11.2. The fourth-order valence-electron chi connectivity index (χ4n) is 11.2. The zero-order chi connectivity index (χ0) is 22.4. The molecule has 5 aliphatic rings. The Morgan fingerprint density at radius 2 is 1.55 bits per heavy atom. The summed E-state index contributed by atoms with van der Waals surface area (Å²) in [5.41, 5.74) is 1.08. The standard InChI is InChI=1S/C29H46O2/c1-7-19-10-15-29(18-30)17-16-27(5)20(24(19)29)8-9-22-26(4)13-12-23(31)25(2,3)21(26)11-14-28(22,27)6/h1,19-24,30-31H,8-18H2,2-6H3/t19-,20?,21?,22?,23?,24?,26?,27?,28?,29?/m1/s1. The van der Waals surface area contributed by atoms with Crippen molar-refractivity contribution in [3.8, 4) is 12.3 Å². The number of aliphatic hydroxyl groups excluding tert-OH is 2. The molecule has 5 saturated carbocycles. The molecule has 0 saturated heterocycles. The van der Waals surface area contributed by atoms with Gasteiger partial charge in [-0.3, -0.25) is 0 Å². The Labute approximate surface area is 191 Å². The molecule has 0 bridgehead atoms. The topological polar surface area (TPSA) is 40.5 Å². The minimum absolute atomic E-state index is 0.0186. The Bertz CT molecular complexity index is 780. The smallest absolute Gasteiger partial charge is 0.0594 e. The van der Waals surface area contributed by atoms with Gasteiger partial charge in [-0.15, -0.1) is 12.3 Å². The van der Waals surface area contributed by atoms with E-state index in [0.717, 1.165) is 31.6 Å². The minimum Gasteiger partial charge on any atom is -0.396 e. The van der Waals surface area contributed by atoms with Crippen LogP contribution in [0, 0.1) is 69.0 Å². The minimum atomic E-state index is -0.156. The molecular weight excluding hydrogens is 380 g/mol. The first-order valence-electron chi connectivity index (χ1n) is 13.3. The molecule has 0 aromatic rings. The Kier molecular flexibility index (Phi) is 4.86. The molecule has 5 fully saturated rings. The van der Waals surface area contributed by atoms with E-state index in [9.17, 15) is 10.2 Å². The van der Waals surface area contributed by atoms with Crippen LogP contribution in [0.1, 0.15) is 98.8 Å². The summed E-state index contributed by atoms with van der Waals surface area (Å²) in [4.78, 5) is 0. The molecule has 0 aliphatic heterocycles. The van der Waals surface area contributed by atoms with E-state index in [2.05, 4.69) is 40.5 Å². The van der Waals surface area contributed by atoms with Crippen LogP contribution >= 0.6 is 0 Å². The van der Waals surface area contributed by atoms with Gasteiger partial charge in [0.15, 0.2) is 0 Å². The highest BCUT2D eigenvalue weighted by molar-refractivity contribution is 5.21. The van der Waals surface area contributed by atoms with Crippen LogP contribution in [-0.4, -0.2) is 22.9 Å². The normalized spacial score (nSPS) is 57.7. The Morgan fingerprint density at radius 3 is 2.23 bits per heavy atom. The molecule has 2 nitrogen and oxygen atoms in total. The maximum absolute atomic E-state index is 10.9. The Hall–Kier alpha value is -0.520. The quantitative estimate of drug-likeness (QED) is 0.501. The first-order chi connectivity index (χ1) is 14.5. The summed E-state index contributed by atoms with van der Waals surface area (Å²) in [5.74, 6) is 6.06. The van der Waals surface area contributed by atoms with Gasteiger partial charge in [-0.25, -0.2) is 0 Å². The van der Waals surface area contributed by atoms with Crippen LogP contribution in [0.15, 0.2) is 0 Å². The van der Waals surface area contributed by atoms with Gasteiger partial charge in [0.25, 0.3) is 0 Å². The molecule has 2 N–H and O–H groups in total. The van der Waals surface area contributed by atoms with Crippen molar-refractivity contribution in [2.45, 2.75) is 105 Å². The van der Waals surface area contributed by atoms with Crippen LogP contribution in [0.5, 0.6) is 0 Å². The van der Waals surface area contributed by atoms with Crippen molar-refractivity contribution in [2.24, 2.45) is 56.7 Å². The van der Waals surface area contributed by atoms with E-state index in [4.69, 9.17) is 6.42 Å². The van der Waals surface area contributed by atoms with E-state index in [1.165, 1.54) is 38.5 Å². The van der Waals surface area contributed by atoms with E-state index in [1.807, 2.05) is 0 Å². The van der Waals surface area contributed by atoms with Crippen LogP contribution in [-0.2, 0) is 0 Å². The van der Waals surface area contributed by atoms with Crippen molar-refractivity contribution in [1.29, 1.82) is 0 Å². The first-order valence-corrected chi connectivity index (χ1v) is 13.3. The fraction of sp³-hybridized carbons (Fsp3) is 0.931. The Balaban J connectivity index is 1.55. The van der Waals surface area contributed by atoms with Crippen LogP contribution in [0.4, 0.5) is 0 Å². The van der Waals surface area contributed by atoms with Gasteiger partial charge in [0.1, 0.15) is 0 Å². The highest BCUT2D eigenvalue weighted by Crippen LogP contribution is 2.77. The summed E-state index contributed by atoms with van der Waals surface area (Å²) in [6.07, 6.45) is 17.9. The van der Waals surface area contributed by atoms with Crippen molar-refractivity contribution >= 4 is 0 Å². The van der Waals surface area contributed by atoms with Crippen molar-refractivity contribution in [3.63, 3.8) is 0 Å². The summed E-state index contributed by atoms with van der Waals surface area (Å²) in [6, 6.07) is 0. The second-order valence-corrected chi connectivity index (χ2v) is 13.9. The molecule has 0 aromatic carbocycles. The predicted octanol–water partition coefficient (Wildman–Crippen LogP) is 6.05.